The molecule has 2 aromatic heterocycles. The Labute approximate surface area is 216 Å². The van der Waals surface area contributed by atoms with Gasteiger partial charge >= 0.3 is 0 Å². The van der Waals surface area contributed by atoms with Crippen LogP contribution in [-0.2, 0) is 6.42 Å². The lowest BCUT2D eigenvalue weighted by Gasteiger charge is -2.08. The number of unbranched alkanes of at least 4 members (excludes halogenated alkanes) is 12. The minimum atomic E-state index is 0.496. The van der Waals surface area contributed by atoms with Gasteiger partial charge in [-0.05, 0) is 26.7 Å². The third-order valence-electron chi connectivity index (χ3n) is 7.76. The van der Waals surface area contributed by atoms with Crippen LogP contribution in [-0.4, -0.2) is 19.9 Å². The Morgan fingerprint density at radius 3 is 1.26 bits per heavy atom. The van der Waals surface area contributed by atoms with Crippen molar-refractivity contribution >= 4 is 0 Å². The first kappa shape index (κ1) is 29.6. The van der Waals surface area contributed by atoms with Gasteiger partial charge in [0.1, 0.15) is 11.6 Å². The van der Waals surface area contributed by atoms with E-state index in [0.717, 1.165) is 29.5 Å². The molecule has 0 aliphatic carbocycles. The number of aryl methyl sites for hydroxylation is 2. The number of rotatable bonds is 20. The van der Waals surface area contributed by atoms with Crippen molar-refractivity contribution in [2.45, 2.75) is 163 Å². The molecule has 2 unspecified atom stereocenters. The highest BCUT2D eigenvalue weighted by atomic mass is 15.0. The molecule has 0 amide bonds. The number of imidazole rings is 2. The maximum Gasteiger partial charge on any atom is 0.109 e. The first-order valence-electron chi connectivity index (χ1n) is 15.1. The quantitative estimate of drug-likeness (QED) is 0.184. The highest BCUT2D eigenvalue weighted by Gasteiger charge is 2.17. The van der Waals surface area contributed by atoms with Crippen LogP contribution in [0.2, 0.25) is 0 Å². The maximum absolute atomic E-state index is 5.02. The zero-order valence-electron chi connectivity index (χ0n) is 24.1. The normalized spacial score (nSPS) is 13.4. The SMILES string of the molecule is CCCCCCCCCC(C)c1nc(Cc2nc(C(C)CCCCCCCCC)[nH]c2C)c(C)[nH]1. The molecule has 0 aliphatic heterocycles. The van der Waals surface area contributed by atoms with Crippen molar-refractivity contribution in [3.05, 3.63) is 34.4 Å². The highest BCUT2D eigenvalue weighted by molar-refractivity contribution is 5.25. The zero-order chi connectivity index (χ0) is 25.5. The van der Waals surface area contributed by atoms with Crippen molar-refractivity contribution in [1.82, 2.24) is 19.9 Å². The fourth-order valence-electron chi connectivity index (χ4n) is 5.10. The molecule has 2 aromatic rings. The number of nitrogens with zero attached hydrogens (tertiary/aromatic N) is 2. The number of H-pyrrole nitrogens is 2. The van der Waals surface area contributed by atoms with Crippen LogP contribution in [0.5, 0.6) is 0 Å². The molecular weight excluding hydrogens is 428 g/mol. The van der Waals surface area contributed by atoms with Gasteiger partial charge in [-0.3, -0.25) is 0 Å². The van der Waals surface area contributed by atoms with Crippen molar-refractivity contribution in [1.29, 1.82) is 0 Å². The van der Waals surface area contributed by atoms with E-state index in [9.17, 15) is 0 Å². The van der Waals surface area contributed by atoms with Crippen molar-refractivity contribution in [3.63, 3.8) is 0 Å². The zero-order valence-corrected chi connectivity index (χ0v) is 24.1. The van der Waals surface area contributed by atoms with E-state index in [-0.39, 0.29) is 0 Å². The maximum atomic E-state index is 5.02. The number of aromatic nitrogens is 4. The molecule has 35 heavy (non-hydrogen) atoms. The summed E-state index contributed by atoms with van der Waals surface area (Å²) in [6.45, 7) is 13.5. The minimum Gasteiger partial charge on any atom is -0.346 e. The van der Waals surface area contributed by atoms with Crippen LogP contribution in [0, 0.1) is 13.8 Å². The molecule has 2 heterocycles. The molecule has 0 saturated carbocycles. The van der Waals surface area contributed by atoms with E-state index in [0.29, 0.717) is 11.8 Å². The Bertz CT molecular complexity index is 737. The van der Waals surface area contributed by atoms with Crippen LogP contribution < -0.4 is 0 Å². The van der Waals surface area contributed by atoms with Gasteiger partial charge in [0, 0.05) is 29.6 Å². The van der Waals surface area contributed by atoms with E-state index in [2.05, 4.69) is 51.5 Å². The summed E-state index contributed by atoms with van der Waals surface area (Å²) in [7, 11) is 0. The number of hydrogen-bond acceptors (Lipinski definition) is 2. The molecule has 0 saturated heterocycles. The summed E-state index contributed by atoms with van der Waals surface area (Å²) in [5.74, 6) is 3.31. The Morgan fingerprint density at radius 1 is 0.543 bits per heavy atom. The summed E-state index contributed by atoms with van der Waals surface area (Å²) >= 11 is 0. The van der Waals surface area contributed by atoms with Crippen LogP contribution in [0.25, 0.3) is 0 Å². The summed E-state index contributed by atoms with van der Waals surface area (Å²) in [4.78, 5) is 17.2. The average Bonchev–Trinajstić information content (AvgIpc) is 3.40. The van der Waals surface area contributed by atoms with E-state index in [1.54, 1.807) is 0 Å². The summed E-state index contributed by atoms with van der Waals surface area (Å²) in [5.41, 5.74) is 4.72. The van der Waals surface area contributed by atoms with Gasteiger partial charge in [-0.1, -0.05) is 118 Å². The second-order valence-electron chi connectivity index (χ2n) is 11.2. The lowest BCUT2D eigenvalue weighted by atomic mass is 10.0. The Hall–Kier alpha value is -1.58. The van der Waals surface area contributed by atoms with Gasteiger partial charge < -0.3 is 9.97 Å². The minimum absolute atomic E-state index is 0.496. The molecule has 4 heteroatoms. The molecule has 4 nitrogen and oxygen atoms in total. The van der Waals surface area contributed by atoms with Crippen molar-refractivity contribution in [2.75, 3.05) is 0 Å². The molecule has 0 radical (unpaired) electrons. The van der Waals surface area contributed by atoms with Gasteiger partial charge in [0.25, 0.3) is 0 Å². The molecule has 0 fully saturated rings. The second-order valence-corrected chi connectivity index (χ2v) is 11.2. The van der Waals surface area contributed by atoms with E-state index in [4.69, 9.17) is 9.97 Å². The van der Waals surface area contributed by atoms with E-state index < -0.39 is 0 Å². The molecule has 200 valence electrons. The van der Waals surface area contributed by atoms with Gasteiger partial charge in [-0.25, -0.2) is 9.97 Å². The third kappa shape index (κ3) is 10.9. The van der Waals surface area contributed by atoms with Crippen LogP contribution in [0.1, 0.15) is 177 Å². The van der Waals surface area contributed by atoms with E-state index in [1.807, 2.05) is 0 Å². The lowest BCUT2D eigenvalue weighted by Crippen LogP contribution is -1.99. The summed E-state index contributed by atoms with van der Waals surface area (Å²) in [5, 5.41) is 0. The summed E-state index contributed by atoms with van der Waals surface area (Å²) in [6, 6.07) is 0. The van der Waals surface area contributed by atoms with Gasteiger partial charge in [-0.15, -0.1) is 0 Å². The molecule has 2 rings (SSSR count). The number of nitrogens with one attached hydrogen (secondary N) is 2. The lowest BCUT2D eigenvalue weighted by molar-refractivity contribution is 0.540. The van der Waals surface area contributed by atoms with Crippen LogP contribution in [0.15, 0.2) is 0 Å². The first-order chi connectivity index (χ1) is 17.0. The molecule has 0 aliphatic rings. The monoisotopic (exact) mass is 484 g/mol. The van der Waals surface area contributed by atoms with Crippen LogP contribution in [0.3, 0.4) is 0 Å². The van der Waals surface area contributed by atoms with Gasteiger partial charge in [-0.2, -0.15) is 0 Å². The number of hydrogen-bond donors (Lipinski definition) is 2. The van der Waals surface area contributed by atoms with Crippen molar-refractivity contribution < 1.29 is 0 Å². The van der Waals surface area contributed by atoms with Crippen molar-refractivity contribution in [2.24, 2.45) is 0 Å². The molecule has 2 N–H and O–H groups in total. The average molecular weight is 485 g/mol. The molecule has 0 spiro atoms. The first-order valence-corrected chi connectivity index (χ1v) is 15.1. The van der Waals surface area contributed by atoms with Gasteiger partial charge in [0.05, 0.1) is 11.4 Å². The van der Waals surface area contributed by atoms with Gasteiger partial charge in [0.2, 0.25) is 0 Å². The smallest absolute Gasteiger partial charge is 0.109 e. The van der Waals surface area contributed by atoms with Crippen LogP contribution >= 0.6 is 0 Å². The number of aromatic amines is 2. The topological polar surface area (TPSA) is 57.4 Å². The largest absolute Gasteiger partial charge is 0.346 e. The Balaban J connectivity index is 1.79. The fraction of sp³-hybridized carbons (Fsp3) is 0.806. The predicted molar refractivity (Wildman–Crippen MR) is 152 cm³/mol. The highest BCUT2D eigenvalue weighted by Crippen LogP contribution is 2.25. The summed E-state index contributed by atoms with van der Waals surface area (Å²) < 4.78 is 0. The van der Waals surface area contributed by atoms with Gasteiger partial charge in [0.15, 0.2) is 0 Å². The molecular formula is C31H56N4. The van der Waals surface area contributed by atoms with Crippen molar-refractivity contribution in [3.8, 4) is 0 Å². The molecule has 0 aromatic carbocycles. The standard InChI is InChI=1S/C31H56N4/c1-7-9-11-13-15-17-19-21-24(3)30-32-26(5)28(34-30)23-29-27(6)33-31(35-29)25(4)22-20-18-16-14-12-10-8-2/h24-25H,7-23H2,1-6H3,(H,32,34)(H,33,35). The molecule has 0 bridgehead atoms. The molecule has 2 atom stereocenters. The second kappa shape index (κ2) is 17.0. The van der Waals surface area contributed by atoms with E-state index >= 15 is 0 Å². The predicted octanol–water partition coefficient (Wildman–Crippen LogP) is 9.83. The Morgan fingerprint density at radius 2 is 0.886 bits per heavy atom. The Kier molecular flexibility index (Phi) is 14.4. The fourth-order valence-corrected chi connectivity index (χ4v) is 5.10. The van der Waals surface area contributed by atoms with Crippen LogP contribution in [0.4, 0.5) is 0 Å². The van der Waals surface area contributed by atoms with E-state index in [1.165, 1.54) is 114 Å². The summed E-state index contributed by atoms with van der Waals surface area (Å²) in [6.07, 6.45) is 22.4. The third-order valence-corrected chi connectivity index (χ3v) is 7.76.